The highest BCUT2D eigenvalue weighted by atomic mass is 32.2. The van der Waals surface area contributed by atoms with E-state index in [1.807, 2.05) is 6.26 Å². The summed E-state index contributed by atoms with van der Waals surface area (Å²) in [6.07, 6.45) is 5.56. The maximum Gasteiger partial charge on any atom is 0.244 e. The summed E-state index contributed by atoms with van der Waals surface area (Å²) in [6.45, 7) is 1.33. The number of sulfonamides is 1. The molecule has 0 bridgehead atoms. The highest BCUT2D eigenvalue weighted by Gasteiger charge is 2.37. The summed E-state index contributed by atoms with van der Waals surface area (Å²) >= 11 is 1.69. The van der Waals surface area contributed by atoms with Gasteiger partial charge in [-0.15, -0.1) is 0 Å². The third kappa shape index (κ3) is 2.98. The number of nitrogens with zero attached hydrogens (tertiary/aromatic N) is 2. The van der Waals surface area contributed by atoms with Crippen LogP contribution in [0, 0.1) is 5.82 Å². The van der Waals surface area contributed by atoms with Crippen molar-refractivity contribution in [3.63, 3.8) is 0 Å². The van der Waals surface area contributed by atoms with Crippen molar-refractivity contribution in [1.82, 2.24) is 9.29 Å². The topological polar surface area (TPSA) is 76.3 Å². The zero-order valence-corrected chi connectivity index (χ0v) is 12.9. The van der Waals surface area contributed by atoms with Crippen LogP contribution in [0.2, 0.25) is 0 Å². The second-order valence-corrected chi connectivity index (χ2v) is 8.05. The molecule has 1 saturated heterocycles. The Kier molecular flexibility index (Phi) is 4.68. The Morgan fingerprint density at radius 2 is 2.10 bits per heavy atom. The van der Waals surface area contributed by atoms with Crippen LogP contribution in [0.1, 0.15) is 12.8 Å². The van der Waals surface area contributed by atoms with Crippen molar-refractivity contribution in [2.45, 2.75) is 22.5 Å². The van der Waals surface area contributed by atoms with Crippen molar-refractivity contribution in [2.24, 2.45) is 5.73 Å². The number of hydrogen-bond donors (Lipinski definition) is 1. The molecular weight excluding hydrogens is 301 g/mol. The lowest BCUT2D eigenvalue weighted by Crippen LogP contribution is -2.48. The van der Waals surface area contributed by atoms with Crippen LogP contribution in [0.5, 0.6) is 0 Å². The standard InChI is InChI=1S/C12H18FN3O2S2/c1-19-12(9-14)2-4-16(5-3-12)20(17,18)11-6-10(13)7-15-8-11/h6-8H,2-5,9,14H2,1H3. The fourth-order valence-corrected chi connectivity index (χ4v) is 4.48. The quantitative estimate of drug-likeness (QED) is 0.898. The van der Waals surface area contributed by atoms with Gasteiger partial charge in [0.1, 0.15) is 10.7 Å². The lowest BCUT2D eigenvalue weighted by atomic mass is 9.97. The number of halogens is 1. The first-order valence-electron chi connectivity index (χ1n) is 6.29. The monoisotopic (exact) mass is 319 g/mol. The minimum absolute atomic E-state index is 0.0494. The highest BCUT2D eigenvalue weighted by molar-refractivity contribution is 8.00. The van der Waals surface area contributed by atoms with Crippen molar-refractivity contribution in [3.8, 4) is 0 Å². The Labute approximate surface area is 122 Å². The normalized spacial score (nSPS) is 19.9. The summed E-state index contributed by atoms with van der Waals surface area (Å²) in [7, 11) is -3.67. The third-order valence-electron chi connectivity index (χ3n) is 3.76. The van der Waals surface area contributed by atoms with Crippen molar-refractivity contribution in [2.75, 3.05) is 25.9 Å². The zero-order chi connectivity index (χ0) is 14.8. The van der Waals surface area contributed by atoms with E-state index in [0.717, 1.165) is 12.3 Å². The Bertz CT molecular complexity index is 566. The molecule has 0 atom stereocenters. The van der Waals surface area contributed by atoms with Crippen molar-refractivity contribution in [3.05, 3.63) is 24.3 Å². The first kappa shape index (κ1) is 15.7. The molecule has 0 aliphatic carbocycles. The van der Waals surface area contributed by atoms with Crippen LogP contribution in [-0.2, 0) is 10.0 Å². The van der Waals surface area contributed by atoms with Crippen LogP contribution in [0.25, 0.3) is 0 Å². The fourth-order valence-electron chi connectivity index (χ4n) is 2.31. The molecule has 1 aromatic rings. The average Bonchev–Trinajstić information content (AvgIpc) is 2.47. The van der Waals surface area contributed by atoms with E-state index in [9.17, 15) is 12.8 Å². The average molecular weight is 319 g/mol. The molecule has 112 valence electrons. The van der Waals surface area contributed by atoms with E-state index in [4.69, 9.17) is 5.73 Å². The smallest absolute Gasteiger partial charge is 0.244 e. The van der Waals surface area contributed by atoms with Crippen LogP contribution in [-0.4, -0.2) is 48.3 Å². The maximum absolute atomic E-state index is 13.1. The minimum atomic E-state index is -3.67. The zero-order valence-electron chi connectivity index (χ0n) is 11.3. The van der Waals surface area contributed by atoms with Gasteiger partial charge in [0.2, 0.25) is 10.0 Å². The van der Waals surface area contributed by atoms with Gasteiger partial charge in [0.05, 0.1) is 6.20 Å². The number of hydrogen-bond acceptors (Lipinski definition) is 5. The predicted molar refractivity (Wildman–Crippen MR) is 77.5 cm³/mol. The molecule has 1 aliphatic rings. The second-order valence-electron chi connectivity index (χ2n) is 4.83. The Morgan fingerprint density at radius 1 is 1.45 bits per heavy atom. The highest BCUT2D eigenvalue weighted by Crippen LogP contribution is 2.35. The summed E-state index contributed by atoms with van der Waals surface area (Å²) < 4.78 is 39.3. The Balaban J connectivity index is 2.17. The van der Waals surface area contributed by atoms with Gasteiger partial charge in [0.25, 0.3) is 0 Å². The number of pyridine rings is 1. The first-order valence-corrected chi connectivity index (χ1v) is 8.96. The van der Waals surface area contributed by atoms with Crippen LogP contribution in [0.3, 0.4) is 0 Å². The van der Waals surface area contributed by atoms with Crippen LogP contribution in [0.4, 0.5) is 4.39 Å². The number of piperidine rings is 1. The van der Waals surface area contributed by atoms with E-state index in [2.05, 4.69) is 4.98 Å². The van der Waals surface area contributed by atoms with E-state index in [-0.39, 0.29) is 9.64 Å². The molecule has 0 amide bonds. The molecular formula is C12H18FN3O2S2. The molecule has 1 aromatic heterocycles. The molecule has 2 N–H and O–H groups in total. The van der Waals surface area contributed by atoms with Crippen molar-refractivity contribution in [1.29, 1.82) is 0 Å². The van der Waals surface area contributed by atoms with Gasteiger partial charge in [-0.1, -0.05) is 0 Å². The second kappa shape index (κ2) is 5.97. The van der Waals surface area contributed by atoms with Gasteiger partial charge in [-0.2, -0.15) is 16.1 Å². The van der Waals surface area contributed by atoms with Gasteiger partial charge in [0.15, 0.2) is 0 Å². The van der Waals surface area contributed by atoms with Gasteiger partial charge in [0, 0.05) is 30.6 Å². The fraction of sp³-hybridized carbons (Fsp3) is 0.583. The third-order valence-corrected chi connectivity index (χ3v) is 7.06. The first-order chi connectivity index (χ1) is 9.43. The van der Waals surface area contributed by atoms with Crippen molar-refractivity contribution < 1.29 is 12.8 Å². The van der Waals surface area contributed by atoms with Crippen LogP contribution < -0.4 is 5.73 Å². The number of thioether (sulfide) groups is 1. The summed E-state index contributed by atoms with van der Waals surface area (Å²) in [6, 6.07) is 1.00. The summed E-state index contributed by atoms with van der Waals surface area (Å²) in [5, 5.41) is 0. The molecule has 1 aliphatic heterocycles. The van der Waals surface area contributed by atoms with Gasteiger partial charge < -0.3 is 5.73 Å². The van der Waals surface area contributed by atoms with E-state index in [1.54, 1.807) is 11.8 Å². The molecule has 2 heterocycles. The lowest BCUT2D eigenvalue weighted by Gasteiger charge is -2.39. The molecule has 0 unspecified atom stereocenters. The molecule has 1 fully saturated rings. The van der Waals surface area contributed by atoms with Gasteiger partial charge in [-0.25, -0.2) is 12.8 Å². The molecule has 0 saturated carbocycles. The Morgan fingerprint density at radius 3 is 2.60 bits per heavy atom. The van der Waals surface area contributed by atoms with E-state index < -0.39 is 15.8 Å². The maximum atomic E-state index is 13.1. The number of aromatic nitrogens is 1. The largest absolute Gasteiger partial charge is 0.329 e. The summed E-state index contributed by atoms with van der Waals surface area (Å²) in [4.78, 5) is 3.51. The lowest BCUT2D eigenvalue weighted by molar-refractivity contribution is 0.301. The molecule has 8 heteroatoms. The number of rotatable bonds is 4. The van der Waals surface area contributed by atoms with Gasteiger partial charge in [-0.05, 0) is 25.2 Å². The molecule has 0 spiro atoms. The number of nitrogens with two attached hydrogens (primary N) is 1. The molecule has 5 nitrogen and oxygen atoms in total. The van der Waals surface area contributed by atoms with Crippen LogP contribution in [0.15, 0.2) is 23.4 Å². The van der Waals surface area contributed by atoms with E-state index >= 15 is 0 Å². The van der Waals surface area contributed by atoms with Gasteiger partial charge in [-0.3, -0.25) is 4.98 Å². The van der Waals surface area contributed by atoms with E-state index in [0.29, 0.717) is 32.5 Å². The van der Waals surface area contributed by atoms with E-state index in [1.165, 1.54) is 10.5 Å². The molecule has 2 rings (SSSR count). The SMILES string of the molecule is CSC1(CN)CCN(S(=O)(=O)c2cncc(F)c2)CC1. The van der Waals surface area contributed by atoms with Crippen molar-refractivity contribution >= 4 is 21.8 Å². The Hall–Kier alpha value is -0.700. The molecule has 0 radical (unpaired) electrons. The molecule has 0 aromatic carbocycles. The van der Waals surface area contributed by atoms with Gasteiger partial charge >= 0.3 is 0 Å². The molecule has 20 heavy (non-hydrogen) atoms. The predicted octanol–water partition coefficient (Wildman–Crippen LogP) is 1.07. The summed E-state index contributed by atoms with van der Waals surface area (Å²) in [5.74, 6) is -0.650. The minimum Gasteiger partial charge on any atom is -0.329 e. The summed E-state index contributed by atoms with van der Waals surface area (Å²) in [5.41, 5.74) is 5.79. The van der Waals surface area contributed by atoms with Crippen LogP contribution >= 0.6 is 11.8 Å².